The van der Waals surface area contributed by atoms with Crippen molar-refractivity contribution < 1.29 is 38.1 Å². The van der Waals surface area contributed by atoms with Crippen LogP contribution in [0.4, 0.5) is 0 Å². The Hall–Kier alpha value is -0.990. The van der Waals surface area contributed by atoms with Crippen molar-refractivity contribution in [1.29, 1.82) is 0 Å². The largest absolute Gasteiger partial charge is 0.460 e. The Kier molecular flexibility index (Phi) is 10.5. The summed E-state index contributed by atoms with van der Waals surface area (Å²) in [5, 5.41) is 0. The molecule has 0 fully saturated rings. The zero-order valence-corrected chi connectivity index (χ0v) is 19.8. The molecule has 0 amide bonds. The van der Waals surface area contributed by atoms with Crippen LogP contribution in [0.5, 0.6) is 0 Å². The maximum absolute atomic E-state index is 12.5. The predicted octanol–water partition coefficient (Wildman–Crippen LogP) is 3.33. The molecule has 3 N–H and O–H groups in total. The molecule has 10 heteroatoms. The molecule has 0 radical (unpaired) electrons. The number of esters is 2. The normalized spacial score (nSPS) is 16.1. The lowest BCUT2D eigenvalue weighted by atomic mass is 10.0. The first-order valence-electron chi connectivity index (χ1n) is 9.70. The van der Waals surface area contributed by atoms with Gasteiger partial charge in [0.25, 0.3) is 0 Å². The Bertz CT molecular complexity index is 592. The SMILES string of the molecule is CC(C)(C)OC(=O)CCC(CP(=O)(O)OOC(C)(C)CCN)C(=O)OC(C)(C)C. The first kappa shape index (κ1) is 28.0. The van der Waals surface area contributed by atoms with Gasteiger partial charge in [0, 0.05) is 6.42 Å². The van der Waals surface area contributed by atoms with Gasteiger partial charge >= 0.3 is 19.5 Å². The van der Waals surface area contributed by atoms with E-state index in [0.717, 1.165) is 0 Å². The third-order valence-electron chi connectivity index (χ3n) is 3.43. The summed E-state index contributed by atoms with van der Waals surface area (Å²) in [6, 6.07) is 0. The van der Waals surface area contributed by atoms with Gasteiger partial charge in [-0.25, -0.2) is 4.89 Å². The maximum atomic E-state index is 12.5. The minimum atomic E-state index is -4.31. The number of ether oxygens (including phenoxy) is 2. The van der Waals surface area contributed by atoms with Crippen LogP contribution >= 0.6 is 7.60 Å². The van der Waals surface area contributed by atoms with Crippen molar-refractivity contribution in [3.63, 3.8) is 0 Å². The zero-order chi connectivity index (χ0) is 23.1. The molecule has 0 rings (SSSR count). The molecule has 0 heterocycles. The smallest absolute Gasteiger partial charge is 0.356 e. The molecule has 0 spiro atoms. The van der Waals surface area contributed by atoms with Gasteiger partial charge in [-0.3, -0.25) is 14.2 Å². The molecule has 9 nitrogen and oxygen atoms in total. The summed E-state index contributed by atoms with van der Waals surface area (Å²) < 4.78 is 27.8. The van der Waals surface area contributed by atoms with Crippen LogP contribution in [0.1, 0.15) is 74.7 Å². The van der Waals surface area contributed by atoms with Gasteiger partial charge in [-0.15, -0.1) is 4.67 Å². The van der Waals surface area contributed by atoms with Crippen LogP contribution in [0.15, 0.2) is 0 Å². The van der Waals surface area contributed by atoms with E-state index in [1.165, 1.54) is 0 Å². The Labute approximate surface area is 174 Å². The molecule has 29 heavy (non-hydrogen) atoms. The van der Waals surface area contributed by atoms with Gasteiger partial charge in [0.05, 0.1) is 17.7 Å². The van der Waals surface area contributed by atoms with Crippen LogP contribution in [-0.2, 0) is 33.2 Å². The molecule has 0 aliphatic rings. The van der Waals surface area contributed by atoms with Gasteiger partial charge in [-0.1, -0.05) is 0 Å². The van der Waals surface area contributed by atoms with Gasteiger partial charge in [-0.2, -0.15) is 0 Å². The second-order valence-electron chi connectivity index (χ2n) is 9.63. The summed E-state index contributed by atoms with van der Waals surface area (Å²) >= 11 is 0. The van der Waals surface area contributed by atoms with E-state index in [1.807, 2.05) is 0 Å². The summed E-state index contributed by atoms with van der Waals surface area (Å²) in [7, 11) is -4.31. The fraction of sp³-hybridized carbons (Fsp3) is 0.895. The average molecular weight is 439 g/mol. The minimum Gasteiger partial charge on any atom is -0.460 e. The highest BCUT2D eigenvalue weighted by molar-refractivity contribution is 7.52. The van der Waals surface area contributed by atoms with E-state index >= 15 is 0 Å². The summed E-state index contributed by atoms with van der Waals surface area (Å²) in [5.74, 6) is -2.25. The quantitative estimate of drug-likeness (QED) is 0.215. The first-order valence-corrected chi connectivity index (χ1v) is 11.5. The third-order valence-corrected chi connectivity index (χ3v) is 4.64. The van der Waals surface area contributed by atoms with Crippen LogP contribution in [0, 0.1) is 5.92 Å². The number of hydrogen-bond acceptors (Lipinski definition) is 8. The van der Waals surface area contributed by atoms with Gasteiger partial charge in [-0.05, 0) is 74.8 Å². The highest BCUT2D eigenvalue weighted by atomic mass is 31.2. The van der Waals surface area contributed by atoms with Crippen LogP contribution in [-0.4, -0.2) is 46.3 Å². The molecule has 2 unspecified atom stereocenters. The van der Waals surface area contributed by atoms with Gasteiger partial charge in [0.1, 0.15) is 11.2 Å². The Morgan fingerprint density at radius 2 is 1.52 bits per heavy atom. The van der Waals surface area contributed by atoms with Crippen molar-refractivity contribution in [3.8, 4) is 0 Å². The van der Waals surface area contributed by atoms with Crippen LogP contribution < -0.4 is 5.73 Å². The summed E-state index contributed by atoms with van der Waals surface area (Å²) in [6.45, 7) is 13.9. The molecular weight excluding hydrogens is 401 g/mol. The zero-order valence-electron chi connectivity index (χ0n) is 18.9. The predicted molar refractivity (Wildman–Crippen MR) is 109 cm³/mol. The summed E-state index contributed by atoms with van der Waals surface area (Å²) in [6.07, 6.45) is -0.283. The molecule has 0 aromatic rings. The molecule has 0 bridgehead atoms. The lowest BCUT2D eigenvalue weighted by Gasteiger charge is -2.27. The van der Waals surface area contributed by atoms with E-state index in [9.17, 15) is 19.0 Å². The van der Waals surface area contributed by atoms with Crippen molar-refractivity contribution in [3.05, 3.63) is 0 Å². The van der Waals surface area contributed by atoms with Crippen molar-refractivity contribution >= 4 is 19.5 Å². The van der Waals surface area contributed by atoms with Crippen LogP contribution in [0.3, 0.4) is 0 Å². The Balaban J connectivity index is 5.15. The van der Waals surface area contributed by atoms with Crippen molar-refractivity contribution in [2.24, 2.45) is 11.7 Å². The second kappa shape index (κ2) is 10.9. The van der Waals surface area contributed by atoms with Crippen molar-refractivity contribution in [1.82, 2.24) is 0 Å². The lowest BCUT2D eigenvalue weighted by Crippen LogP contribution is -2.32. The molecular formula is C19H38NO8P. The molecule has 0 saturated carbocycles. The lowest BCUT2D eigenvalue weighted by molar-refractivity contribution is -0.287. The number of hydrogen-bond donors (Lipinski definition) is 2. The monoisotopic (exact) mass is 439 g/mol. The summed E-state index contributed by atoms with van der Waals surface area (Å²) in [4.78, 5) is 39.7. The van der Waals surface area contributed by atoms with Gasteiger partial charge < -0.3 is 20.1 Å². The fourth-order valence-electron chi connectivity index (χ4n) is 2.21. The van der Waals surface area contributed by atoms with E-state index in [4.69, 9.17) is 24.8 Å². The molecule has 172 valence electrons. The molecule has 0 aliphatic heterocycles. The number of rotatable bonds is 11. The Morgan fingerprint density at radius 3 is 1.97 bits per heavy atom. The minimum absolute atomic E-state index is 0.0239. The van der Waals surface area contributed by atoms with E-state index in [2.05, 4.69) is 0 Å². The van der Waals surface area contributed by atoms with Crippen molar-refractivity contribution in [2.75, 3.05) is 12.7 Å². The number of nitrogens with two attached hydrogens (primary N) is 1. The molecule has 0 aromatic carbocycles. The maximum Gasteiger partial charge on any atom is 0.356 e. The second-order valence-corrected chi connectivity index (χ2v) is 11.4. The number of carbonyl (C=O) groups excluding carboxylic acids is 2. The van der Waals surface area contributed by atoms with Crippen LogP contribution in [0.25, 0.3) is 0 Å². The topological polar surface area (TPSA) is 134 Å². The standard InChI is InChI=1S/C19H38NO8P/c1-17(2,3)25-15(21)10-9-14(16(22)26-18(4,5)6)13-29(23,24)28-27-19(7,8)11-12-20/h14H,9-13,20H2,1-8H3,(H,23,24). The fourth-order valence-corrected chi connectivity index (χ4v) is 3.48. The Morgan fingerprint density at radius 1 is 1.00 bits per heavy atom. The highest BCUT2D eigenvalue weighted by Gasteiger charge is 2.36. The molecule has 0 saturated heterocycles. The molecule has 0 aliphatic carbocycles. The van der Waals surface area contributed by atoms with Crippen molar-refractivity contribution in [2.45, 2.75) is 91.5 Å². The molecule has 0 aromatic heterocycles. The first-order chi connectivity index (χ1) is 12.9. The van der Waals surface area contributed by atoms with E-state index in [0.29, 0.717) is 13.0 Å². The van der Waals surface area contributed by atoms with E-state index in [1.54, 1.807) is 55.4 Å². The van der Waals surface area contributed by atoms with Gasteiger partial charge in [0.15, 0.2) is 0 Å². The highest BCUT2D eigenvalue weighted by Crippen LogP contribution is 2.46. The van der Waals surface area contributed by atoms with Gasteiger partial charge in [0.2, 0.25) is 0 Å². The molecule has 2 atom stereocenters. The van der Waals surface area contributed by atoms with Crippen LogP contribution in [0.2, 0.25) is 0 Å². The van der Waals surface area contributed by atoms with E-state index in [-0.39, 0.29) is 12.8 Å². The van der Waals surface area contributed by atoms with E-state index < -0.39 is 48.4 Å². The number of carbonyl (C=O) groups is 2. The average Bonchev–Trinajstić information content (AvgIpc) is 2.46. The third kappa shape index (κ3) is 14.6. The summed E-state index contributed by atoms with van der Waals surface area (Å²) in [5.41, 5.74) is 3.14.